The van der Waals surface area contributed by atoms with Crippen LogP contribution in [0.1, 0.15) is 35.3 Å². The Labute approximate surface area is 112 Å². The number of aryl methyl sites for hydroxylation is 1. The molecule has 1 aromatic heterocycles. The second-order valence-electron chi connectivity index (χ2n) is 4.60. The van der Waals surface area contributed by atoms with Gasteiger partial charge in [0.2, 0.25) is 5.89 Å². The van der Waals surface area contributed by atoms with Crippen LogP contribution in [-0.2, 0) is 11.2 Å². The monoisotopic (exact) mass is 261 g/mol. The van der Waals surface area contributed by atoms with E-state index in [0.29, 0.717) is 31.2 Å². The maximum absolute atomic E-state index is 5.94. The number of benzene rings is 1. The third kappa shape index (κ3) is 3.87. The highest BCUT2D eigenvalue weighted by molar-refractivity contribution is 5.24. The van der Waals surface area contributed by atoms with E-state index >= 15 is 0 Å². The highest BCUT2D eigenvalue weighted by Crippen LogP contribution is 2.14. The van der Waals surface area contributed by atoms with Gasteiger partial charge in [0.25, 0.3) is 0 Å². The predicted octanol–water partition coefficient (Wildman–Crippen LogP) is 2.01. The van der Waals surface area contributed by atoms with Crippen molar-refractivity contribution in [2.75, 3.05) is 13.7 Å². The average molecular weight is 261 g/mol. The van der Waals surface area contributed by atoms with E-state index in [1.54, 1.807) is 7.11 Å². The van der Waals surface area contributed by atoms with Crippen LogP contribution < -0.4 is 5.73 Å². The van der Waals surface area contributed by atoms with Crippen LogP contribution >= 0.6 is 0 Å². The van der Waals surface area contributed by atoms with E-state index < -0.39 is 0 Å². The molecule has 1 unspecified atom stereocenters. The summed E-state index contributed by atoms with van der Waals surface area (Å²) in [4.78, 5) is 4.33. The molecule has 0 aliphatic carbocycles. The first kappa shape index (κ1) is 13.7. The molecule has 0 saturated heterocycles. The van der Waals surface area contributed by atoms with Crippen LogP contribution in [0, 0.1) is 6.92 Å². The van der Waals surface area contributed by atoms with Crippen LogP contribution in [0.4, 0.5) is 0 Å². The molecule has 102 valence electrons. The highest BCUT2D eigenvalue weighted by atomic mass is 16.5. The van der Waals surface area contributed by atoms with E-state index in [4.69, 9.17) is 15.0 Å². The molecule has 5 heteroatoms. The summed E-state index contributed by atoms with van der Waals surface area (Å²) >= 11 is 0. The summed E-state index contributed by atoms with van der Waals surface area (Å²) in [7, 11) is 1.64. The third-order valence-electron chi connectivity index (χ3n) is 2.88. The molecule has 0 amide bonds. The fourth-order valence-corrected chi connectivity index (χ4v) is 1.86. The summed E-state index contributed by atoms with van der Waals surface area (Å²) < 4.78 is 10.2. The minimum Gasteiger partial charge on any atom is -0.385 e. The second kappa shape index (κ2) is 6.45. The fourth-order valence-electron chi connectivity index (χ4n) is 1.86. The minimum atomic E-state index is -0.265. The molecule has 1 heterocycles. The van der Waals surface area contributed by atoms with Crippen molar-refractivity contribution in [3.05, 3.63) is 47.1 Å². The van der Waals surface area contributed by atoms with Gasteiger partial charge >= 0.3 is 0 Å². The topological polar surface area (TPSA) is 74.2 Å². The Morgan fingerprint density at radius 1 is 1.42 bits per heavy atom. The lowest BCUT2D eigenvalue weighted by atomic mass is 10.1. The van der Waals surface area contributed by atoms with Gasteiger partial charge in [0.15, 0.2) is 5.82 Å². The summed E-state index contributed by atoms with van der Waals surface area (Å²) in [5.74, 6) is 1.13. The molecular formula is C14H19N3O2. The standard InChI is InChI=1S/C14H19N3O2/c1-10-4-3-5-11(8-10)9-13-16-14(19-17-13)12(15)6-7-18-2/h3-5,8,12H,6-7,9,15H2,1-2H3. The zero-order chi connectivity index (χ0) is 13.7. The predicted molar refractivity (Wildman–Crippen MR) is 71.7 cm³/mol. The quantitative estimate of drug-likeness (QED) is 0.861. The minimum absolute atomic E-state index is 0.265. The molecule has 1 atom stereocenters. The van der Waals surface area contributed by atoms with Crippen LogP contribution in [-0.4, -0.2) is 23.9 Å². The first-order valence-electron chi connectivity index (χ1n) is 6.31. The smallest absolute Gasteiger partial charge is 0.243 e. The molecule has 2 rings (SSSR count). The van der Waals surface area contributed by atoms with Gasteiger partial charge in [-0.25, -0.2) is 0 Å². The van der Waals surface area contributed by atoms with Crippen LogP contribution in [0.3, 0.4) is 0 Å². The van der Waals surface area contributed by atoms with Crippen molar-refractivity contribution in [3.8, 4) is 0 Å². The molecule has 5 nitrogen and oxygen atoms in total. The molecule has 0 aliphatic rings. The van der Waals surface area contributed by atoms with Crippen LogP contribution in [0.25, 0.3) is 0 Å². The summed E-state index contributed by atoms with van der Waals surface area (Å²) in [6.07, 6.45) is 1.32. The lowest BCUT2D eigenvalue weighted by Gasteiger charge is -2.04. The molecule has 0 bridgehead atoms. The summed E-state index contributed by atoms with van der Waals surface area (Å²) in [6.45, 7) is 2.64. The summed E-state index contributed by atoms with van der Waals surface area (Å²) in [5.41, 5.74) is 8.32. The largest absolute Gasteiger partial charge is 0.385 e. The van der Waals surface area contributed by atoms with Crippen LogP contribution in [0.5, 0.6) is 0 Å². The fraction of sp³-hybridized carbons (Fsp3) is 0.429. The molecule has 0 aliphatic heterocycles. The van der Waals surface area contributed by atoms with E-state index in [0.717, 1.165) is 5.56 Å². The third-order valence-corrected chi connectivity index (χ3v) is 2.88. The Kier molecular flexibility index (Phi) is 4.65. The normalized spacial score (nSPS) is 12.6. The molecule has 0 saturated carbocycles. The number of rotatable bonds is 6. The lowest BCUT2D eigenvalue weighted by Crippen LogP contribution is -2.13. The Bertz CT molecular complexity index is 525. The summed E-state index contributed by atoms with van der Waals surface area (Å²) in [5, 5.41) is 3.96. The average Bonchev–Trinajstić information content (AvgIpc) is 2.84. The van der Waals surface area contributed by atoms with Crippen molar-refractivity contribution in [1.29, 1.82) is 0 Å². The van der Waals surface area contributed by atoms with E-state index in [2.05, 4.69) is 29.2 Å². The first-order chi connectivity index (χ1) is 9.19. The number of hydrogen-bond donors (Lipinski definition) is 1. The number of aromatic nitrogens is 2. The number of nitrogens with two attached hydrogens (primary N) is 1. The van der Waals surface area contributed by atoms with Gasteiger partial charge in [-0.1, -0.05) is 35.0 Å². The van der Waals surface area contributed by atoms with Gasteiger partial charge in [-0.05, 0) is 18.9 Å². The van der Waals surface area contributed by atoms with Crippen molar-refractivity contribution in [2.45, 2.75) is 25.8 Å². The Morgan fingerprint density at radius 2 is 2.26 bits per heavy atom. The van der Waals surface area contributed by atoms with Crippen LogP contribution in [0.15, 0.2) is 28.8 Å². The number of ether oxygens (including phenoxy) is 1. The van der Waals surface area contributed by atoms with E-state index in [9.17, 15) is 0 Å². The molecule has 2 N–H and O–H groups in total. The van der Waals surface area contributed by atoms with Gasteiger partial charge in [0, 0.05) is 20.1 Å². The molecule has 0 radical (unpaired) electrons. The zero-order valence-electron chi connectivity index (χ0n) is 11.3. The first-order valence-corrected chi connectivity index (χ1v) is 6.31. The highest BCUT2D eigenvalue weighted by Gasteiger charge is 2.14. The van der Waals surface area contributed by atoms with Crippen molar-refractivity contribution >= 4 is 0 Å². The number of methoxy groups -OCH3 is 1. The maximum Gasteiger partial charge on any atom is 0.243 e. The molecule has 19 heavy (non-hydrogen) atoms. The van der Waals surface area contributed by atoms with Crippen molar-refractivity contribution < 1.29 is 9.26 Å². The van der Waals surface area contributed by atoms with Crippen molar-refractivity contribution in [2.24, 2.45) is 5.73 Å². The number of nitrogens with zero attached hydrogens (tertiary/aromatic N) is 2. The summed E-state index contributed by atoms with van der Waals surface area (Å²) in [6, 6.07) is 7.98. The van der Waals surface area contributed by atoms with Gasteiger partial charge < -0.3 is 15.0 Å². The Morgan fingerprint density at radius 3 is 3.00 bits per heavy atom. The second-order valence-corrected chi connectivity index (χ2v) is 4.60. The molecule has 2 aromatic rings. The van der Waals surface area contributed by atoms with E-state index in [-0.39, 0.29) is 6.04 Å². The Balaban J connectivity index is 2.01. The van der Waals surface area contributed by atoms with Crippen molar-refractivity contribution in [3.63, 3.8) is 0 Å². The van der Waals surface area contributed by atoms with E-state index in [1.165, 1.54) is 5.56 Å². The van der Waals surface area contributed by atoms with Crippen LogP contribution in [0.2, 0.25) is 0 Å². The molecule has 1 aromatic carbocycles. The Hall–Kier alpha value is -1.72. The molecule has 0 spiro atoms. The van der Waals surface area contributed by atoms with Gasteiger partial charge in [-0.3, -0.25) is 0 Å². The SMILES string of the molecule is COCCC(N)c1nc(Cc2cccc(C)c2)no1. The zero-order valence-corrected chi connectivity index (χ0v) is 11.3. The molecule has 0 fully saturated rings. The van der Waals surface area contributed by atoms with Crippen molar-refractivity contribution in [1.82, 2.24) is 10.1 Å². The lowest BCUT2D eigenvalue weighted by molar-refractivity contribution is 0.182. The van der Waals surface area contributed by atoms with Gasteiger partial charge in [-0.15, -0.1) is 0 Å². The molecular weight excluding hydrogens is 242 g/mol. The van der Waals surface area contributed by atoms with E-state index in [1.807, 2.05) is 12.1 Å². The number of hydrogen-bond acceptors (Lipinski definition) is 5. The maximum atomic E-state index is 5.94. The van der Waals surface area contributed by atoms with Gasteiger partial charge in [0.1, 0.15) is 0 Å². The van der Waals surface area contributed by atoms with Gasteiger partial charge in [0.05, 0.1) is 6.04 Å². The van der Waals surface area contributed by atoms with Gasteiger partial charge in [-0.2, -0.15) is 4.98 Å².